The van der Waals surface area contributed by atoms with Crippen LogP contribution in [0.5, 0.6) is 5.75 Å². The van der Waals surface area contributed by atoms with Crippen molar-refractivity contribution in [1.82, 2.24) is 13.3 Å². The maximum Gasteiger partial charge on any atom is 0.253 e. The summed E-state index contributed by atoms with van der Waals surface area (Å²) in [5, 5.41) is 0. The molecule has 0 spiro atoms. The number of ether oxygens (including phenoxy) is 1. The third-order valence-corrected chi connectivity index (χ3v) is 7.82. The second kappa shape index (κ2) is 12.6. The van der Waals surface area contributed by atoms with Crippen molar-refractivity contribution >= 4 is 34.7 Å². The Morgan fingerprint density at radius 3 is 2.22 bits per heavy atom. The van der Waals surface area contributed by atoms with E-state index in [1.165, 1.54) is 0 Å². The number of benzene rings is 2. The van der Waals surface area contributed by atoms with Gasteiger partial charge in [-0.05, 0) is 93.9 Å². The first-order valence-corrected chi connectivity index (χ1v) is 14.2. The molecule has 0 unspecified atom stereocenters. The molecule has 2 aromatic carbocycles. The summed E-state index contributed by atoms with van der Waals surface area (Å²) in [6.07, 6.45) is 3.71. The van der Waals surface area contributed by atoms with Crippen LogP contribution in [-0.4, -0.2) is 66.6 Å². The molecule has 2 heterocycles. The van der Waals surface area contributed by atoms with E-state index in [1.807, 2.05) is 71.4 Å². The van der Waals surface area contributed by atoms with Crippen molar-refractivity contribution in [2.45, 2.75) is 45.2 Å². The summed E-state index contributed by atoms with van der Waals surface area (Å²) in [4.78, 5) is 29.0. The number of likely N-dealkylation sites (tertiary alicyclic amines) is 2. The van der Waals surface area contributed by atoms with Gasteiger partial charge in [0.25, 0.3) is 5.91 Å². The number of amides is 2. The van der Waals surface area contributed by atoms with E-state index in [2.05, 4.69) is 8.43 Å². The highest BCUT2D eigenvalue weighted by atomic mass is 127. The molecular weight excluding hydrogens is 584 g/mol. The third-order valence-electron chi connectivity index (χ3n) is 7.28. The van der Waals surface area contributed by atoms with Gasteiger partial charge in [0, 0.05) is 25.2 Å². The minimum Gasteiger partial charge on any atom is -0.493 e. The minimum atomic E-state index is -1.15. The Kier molecular flexibility index (Phi) is 9.45. The van der Waals surface area contributed by atoms with Crippen LogP contribution in [0.25, 0.3) is 11.1 Å². The lowest BCUT2D eigenvalue weighted by atomic mass is 9.96. The topological polar surface area (TPSA) is 61.9 Å². The molecule has 0 aromatic heterocycles. The van der Waals surface area contributed by atoms with Crippen LogP contribution >= 0.6 is 22.9 Å². The molecule has 2 fully saturated rings. The summed E-state index contributed by atoms with van der Waals surface area (Å²) >= 11 is 1.86. The van der Waals surface area contributed by atoms with Crippen molar-refractivity contribution < 1.29 is 18.7 Å². The molecule has 2 aromatic rings. The van der Waals surface area contributed by atoms with Gasteiger partial charge in [-0.25, -0.2) is 4.39 Å². The van der Waals surface area contributed by atoms with Crippen molar-refractivity contribution in [2.75, 3.05) is 39.3 Å². The molecule has 4 rings (SSSR count). The summed E-state index contributed by atoms with van der Waals surface area (Å²) in [6, 6.07) is 15.7. The van der Waals surface area contributed by atoms with Crippen molar-refractivity contribution in [3.63, 3.8) is 0 Å². The molecular formula is C29H37FIN3O3. The number of nitrogens with zero attached hydrogens (tertiary/aromatic N) is 2. The molecule has 2 amide bonds. The van der Waals surface area contributed by atoms with E-state index in [-0.39, 0.29) is 17.7 Å². The highest BCUT2D eigenvalue weighted by Crippen LogP contribution is 2.26. The number of carbonyl (C=O) groups is 2. The summed E-state index contributed by atoms with van der Waals surface area (Å²) in [5.41, 5.74) is 1.59. The Morgan fingerprint density at radius 1 is 1.00 bits per heavy atom. The first kappa shape index (κ1) is 27.8. The summed E-state index contributed by atoms with van der Waals surface area (Å²) in [5.74, 6) is 1.16. The lowest BCUT2D eigenvalue weighted by Gasteiger charge is -2.34. The van der Waals surface area contributed by atoms with Crippen LogP contribution in [0.4, 0.5) is 4.39 Å². The fraction of sp³-hybridized carbons (Fsp3) is 0.517. The second-order valence-electron chi connectivity index (χ2n) is 10.9. The van der Waals surface area contributed by atoms with Gasteiger partial charge in [0.05, 0.1) is 35.4 Å². The van der Waals surface area contributed by atoms with Gasteiger partial charge < -0.3 is 14.5 Å². The predicted molar refractivity (Wildman–Crippen MR) is 153 cm³/mol. The number of carbonyl (C=O) groups excluding carboxylic acids is 2. The van der Waals surface area contributed by atoms with E-state index in [9.17, 15) is 14.0 Å². The zero-order chi connectivity index (χ0) is 26.4. The third kappa shape index (κ3) is 7.89. The van der Waals surface area contributed by atoms with Gasteiger partial charge in [0.1, 0.15) is 11.4 Å². The predicted octanol–water partition coefficient (Wildman–Crippen LogP) is 5.51. The Hall–Kier alpha value is -2.20. The van der Waals surface area contributed by atoms with Crippen LogP contribution in [0, 0.1) is 11.8 Å². The van der Waals surface area contributed by atoms with E-state index >= 15 is 0 Å². The van der Waals surface area contributed by atoms with E-state index in [0.717, 1.165) is 55.6 Å². The largest absolute Gasteiger partial charge is 0.493 e. The average molecular weight is 622 g/mol. The van der Waals surface area contributed by atoms with Gasteiger partial charge in [-0.1, -0.05) is 24.3 Å². The number of hydrogen-bond donors (Lipinski definition) is 1. The Labute approximate surface area is 233 Å². The molecule has 1 atom stereocenters. The fourth-order valence-electron chi connectivity index (χ4n) is 5.24. The van der Waals surface area contributed by atoms with Crippen LogP contribution in [0.1, 0.15) is 49.9 Å². The number of nitrogens with one attached hydrogen (secondary N) is 1. The SMILES string of the molecule is CC(C)(F)CN1CCC(COc2ccc(-c3ccc(C(=O)N4CCC[C@H](C(=O)NI)C4)cc3)cc2)CC1. The zero-order valence-electron chi connectivity index (χ0n) is 21.7. The maximum absolute atomic E-state index is 13.9. The summed E-state index contributed by atoms with van der Waals surface area (Å²) in [6.45, 7) is 7.44. The summed E-state index contributed by atoms with van der Waals surface area (Å²) in [7, 11) is 0. The Balaban J connectivity index is 1.27. The van der Waals surface area contributed by atoms with Crippen LogP contribution in [-0.2, 0) is 4.79 Å². The maximum atomic E-state index is 13.9. The normalized spacial score (nSPS) is 19.5. The number of rotatable bonds is 8. The van der Waals surface area contributed by atoms with E-state index in [1.54, 1.807) is 18.7 Å². The monoisotopic (exact) mass is 621 g/mol. The number of halogens is 2. The van der Waals surface area contributed by atoms with Gasteiger partial charge in [0.15, 0.2) is 0 Å². The van der Waals surface area contributed by atoms with Gasteiger partial charge >= 0.3 is 0 Å². The van der Waals surface area contributed by atoms with Crippen molar-refractivity contribution in [2.24, 2.45) is 11.8 Å². The standard InChI is InChI=1S/C29H37FIN3O3/c1-29(2,30)20-33-16-13-21(14-17-33)19-37-26-11-9-23(10-12-26)22-5-7-24(8-6-22)28(36)34-15-3-4-25(18-34)27(35)32-31/h5-12,21,25H,3-4,13-20H2,1-2H3,(H,32,35)/t25-/m0/s1. The molecule has 0 saturated carbocycles. The van der Waals surface area contributed by atoms with E-state index < -0.39 is 5.67 Å². The molecule has 0 aliphatic carbocycles. The van der Waals surface area contributed by atoms with Crippen LogP contribution < -0.4 is 8.27 Å². The molecule has 0 radical (unpaired) electrons. The van der Waals surface area contributed by atoms with Crippen molar-refractivity contribution in [1.29, 1.82) is 0 Å². The van der Waals surface area contributed by atoms with Crippen LogP contribution in [0.2, 0.25) is 0 Å². The smallest absolute Gasteiger partial charge is 0.253 e. The van der Waals surface area contributed by atoms with E-state index in [0.29, 0.717) is 37.7 Å². The molecule has 2 aliphatic rings. The quantitative estimate of drug-likeness (QED) is 0.312. The van der Waals surface area contributed by atoms with Crippen LogP contribution in [0.15, 0.2) is 48.5 Å². The molecule has 1 N–H and O–H groups in total. The molecule has 0 bridgehead atoms. The van der Waals surface area contributed by atoms with Gasteiger partial charge in [-0.2, -0.15) is 0 Å². The lowest BCUT2D eigenvalue weighted by molar-refractivity contribution is -0.123. The highest BCUT2D eigenvalue weighted by Gasteiger charge is 2.29. The summed E-state index contributed by atoms with van der Waals surface area (Å²) < 4.78 is 22.6. The molecule has 8 heteroatoms. The molecule has 2 aliphatic heterocycles. The lowest BCUT2D eigenvalue weighted by Crippen LogP contribution is -2.44. The zero-order valence-corrected chi connectivity index (χ0v) is 23.9. The van der Waals surface area contributed by atoms with Gasteiger partial charge in [0.2, 0.25) is 5.91 Å². The number of piperidine rings is 2. The Bertz CT molecular complexity index is 1050. The average Bonchev–Trinajstić information content (AvgIpc) is 2.91. The minimum absolute atomic E-state index is 0.0102. The van der Waals surface area contributed by atoms with Crippen molar-refractivity contribution in [3.8, 4) is 16.9 Å². The number of hydrogen-bond acceptors (Lipinski definition) is 4. The fourth-order valence-corrected chi connectivity index (χ4v) is 5.68. The number of alkyl halides is 1. The first-order chi connectivity index (χ1) is 17.7. The van der Waals surface area contributed by atoms with Crippen LogP contribution in [0.3, 0.4) is 0 Å². The van der Waals surface area contributed by atoms with Crippen molar-refractivity contribution in [3.05, 3.63) is 54.1 Å². The first-order valence-electron chi connectivity index (χ1n) is 13.2. The van der Waals surface area contributed by atoms with Gasteiger partial charge in [-0.3, -0.25) is 13.1 Å². The molecule has 6 nitrogen and oxygen atoms in total. The molecule has 37 heavy (non-hydrogen) atoms. The second-order valence-corrected chi connectivity index (χ2v) is 11.4. The van der Waals surface area contributed by atoms with Gasteiger partial charge in [-0.15, -0.1) is 0 Å². The van der Waals surface area contributed by atoms with E-state index in [4.69, 9.17) is 4.74 Å². The highest BCUT2D eigenvalue weighted by molar-refractivity contribution is 14.1. The Morgan fingerprint density at radius 2 is 1.62 bits per heavy atom. The molecule has 2 saturated heterocycles. The molecule has 200 valence electrons.